The fraction of sp³-hybridized carbons (Fsp3) is 0.704. The molecule has 3 rings (SSSR count). The summed E-state index contributed by atoms with van der Waals surface area (Å²) >= 11 is 0. The molecule has 0 radical (unpaired) electrons. The second kappa shape index (κ2) is 12.1. The van der Waals surface area contributed by atoms with E-state index in [-0.39, 0.29) is 23.1 Å². The Labute approximate surface area is 211 Å². The number of likely N-dealkylation sites (N-methyl/N-ethyl adjacent to an activating group) is 2. The maximum absolute atomic E-state index is 12.7. The van der Waals surface area contributed by atoms with Crippen molar-refractivity contribution >= 4 is 23.4 Å². The average molecular weight is 487 g/mol. The molecule has 1 aromatic carbocycles. The molecule has 0 unspecified atom stereocenters. The van der Waals surface area contributed by atoms with E-state index in [0.717, 1.165) is 31.2 Å². The predicted octanol–water partition coefficient (Wildman–Crippen LogP) is 4.77. The van der Waals surface area contributed by atoms with E-state index in [2.05, 4.69) is 59.3 Å². The molecule has 35 heavy (non-hydrogen) atoms. The molecule has 0 heterocycles. The first-order chi connectivity index (χ1) is 16.7. The maximum atomic E-state index is 12.7. The fourth-order valence-electron chi connectivity index (χ4n) is 5.65. The number of anilines is 2. The van der Waals surface area contributed by atoms with Crippen LogP contribution >= 0.6 is 0 Å². The summed E-state index contributed by atoms with van der Waals surface area (Å²) in [6.07, 6.45) is 11.7. The standard InChI is InChI=1S/C27H46N6O2/c1-21-12-13-22(30-24(34)28-19-26(32(2)3)14-8-6-9-15-26)18-23(21)31-25(35)29-20-27(33(4)5)16-10-7-11-17-27/h12-13,18H,6-11,14-17,19-20H2,1-5H3,(H2,28,30,34)(H2,29,31,35). The van der Waals surface area contributed by atoms with Crippen LogP contribution in [0, 0.1) is 6.92 Å². The van der Waals surface area contributed by atoms with Crippen LogP contribution in [0.4, 0.5) is 21.0 Å². The molecular weight excluding hydrogens is 440 g/mol. The van der Waals surface area contributed by atoms with E-state index in [4.69, 9.17) is 0 Å². The summed E-state index contributed by atoms with van der Waals surface area (Å²) in [5, 5.41) is 12.1. The number of aryl methyl sites for hydroxylation is 1. The van der Waals surface area contributed by atoms with Gasteiger partial charge in [0.1, 0.15) is 0 Å². The van der Waals surface area contributed by atoms with E-state index >= 15 is 0 Å². The summed E-state index contributed by atoms with van der Waals surface area (Å²) in [4.78, 5) is 29.9. The van der Waals surface area contributed by atoms with Crippen LogP contribution in [0.3, 0.4) is 0 Å². The molecule has 0 aromatic heterocycles. The van der Waals surface area contributed by atoms with Crippen molar-refractivity contribution < 1.29 is 9.59 Å². The Hall–Kier alpha value is -2.32. The SMILES string of the molecule is Cc1ccc(NC(=O)NCC2(N(C)C)CCCCC2)cc1NC(=O)NCC1(N(C)C)CCCCC1. The highest BCUT2D eigenvalue weighted by Gasteiger charge is 2.35. The number of amides is 4. The molecule has 196 valence electrons. The Morgan fingerprint density at radius 2 is 1.20 bits per heavy atom. The molecule has 0 spiro atoms. The number of urea groups is 2. The highest BCUT2D eigenvalue weighted by Crippen LogP contribution is 2.32. The van der Waals surface area contributed by atoms with Crippen molar-refractivity contribution in [2.75, 3.05) is 51.9 Å². The van der Waals surface area contributed by atoms with Crippen molar-refractivity contribution in [2.45, 2.75) is 82.2 Å². The third kappa shape index (κ3) is 7.10. The Bertz CT molecular complexity index is 857. The van der Waals surface area contributed by atoms with Crippen molar-refractivity contribution in [1.82, 2.24) is 20.4 Å². The third-order valence-electron chi connectivity index (χ3n) is 8.37. The molecule has 2 aliphatic rings. The summed E-state index contributed by atoms with van der Waals surface area (Å²) in [6, 6.07) is 5.16. The van der Waals surface area contributed by atoms with Crippen LogP contribution in [0.5, 0.6) is 0 Å². The van der Waals surface area contributed by atoms with Gasteiger partial charge in [0.2, 0.25) is 0 Å². The van der Waals surface area contributed by atoms with Crippen molar-refractivity contribution in [2.24, 2.45) is 0 Å². The van der Waals surface area contributed by atoms with Crippen molar-refractivity contribution in [1.29, 1.82) is 0 Å². The van der Waals surface area contributed by atoms with Gasteiger partial charge >= 0.3 is 12.1 Å². The highest BCUT2D eigenvalue weighted by molar-refractivity contribution is 5.93. The van der Waals surface area contributed by atoms with Gasteiger partial charge in [0, 0.05) is 35.5 Å². The van der Waals surface area contributed by atoms with Gasteiger partial charge in [-0.2, -0.15) is 0 Å². The molecule has 2 aliphatic carbocycles. The first kappa shape index (κ1) is 27.3. The lowest BCUT2D eigenvalue weighted by molar-refractivity contribution is 0.101. The Balaban J connectivity index is 1.55. The summed E-state index contributed by atoms with van der Waals surface area (Å²) < 4.78 is 0. The van der Waals surface area contributed by atoms with Crippen LogP contribution in [-0.2, 0) is 0 Å². The van der Waals surface area contributed by atoms with Gasteiger partial charge in [0.25, 0.3) is 0 Å². The van der Waals surface area contributed by atoms with Gasteiger partial charge in [0.15, 0.2) is 0 Å². The van der Waals surface area contributed by atoms with Gasteiger partial charge in [-0.25, -0.2) is 9.59 Å². The minimum atomic E-state index is -0.221. The van der Waals surface area contributed by atoms with Crippen LogP contribution in [0.25, 0.3) is 0 Å². The Morgan fingerprint density at radius 1 is 0.743 bits per heavy atom. The number of benzene rings is 1. The summed E-state index contributed by atoms with van der Waals surface area (Å²) in [6.45, 7) is 3.20. The van der Waals surface area contributed by atoms with E-state index in [1.165, 1.54) is 38.5 Å². The van der Waals surface area contributed by atoms with Gasteiger partial charge in [-0.05, 0) is 78.5 Å². The second-order valence-electron chi connectivity index (χ2n) is 11.0. The topological polar surface area (TPSA) is 88.7 Å². The summed E-state index contributed by atoms with van der Waals surface area (Å²) in [5.74, 6) is 0. The number of carbonyl (C=O) groups is 2. The van der Waals surface area contributed by atoms with E-state index in [0.29, 0.717) is 24.5 Å². The number of hydrogen-bond acceptors (Lipinski definition) is 4. The van der Waals surface area contributed by atoms with Crippen molar-refractivity contribution in [3.63, 3.8) is 0 Å². The zero-order valence-electron chi connectivity index (χ0n) is 22.4. The van der Waals surface area contributed by atoms with Crippen LogP contribution in [0.1, 0.15) is 69.8 Å². The molecule has 2 fully saturated rings. The third-order valence-corrected chi connectivity index (χ3v) is 8.37. The summed E-state index contributed by atoms with van der Waals surface area (Å²) in [5.41, 5.74) is 2.34. The largest absolute Gasteiger partial charge is 0.336 e. The van der Waals surface area contributed by atoms with Crippen LogP contribution in [-0.4, -0.2) is 74.2 Å². The van der Waals surface area contributed by atoms with E-state index in [9.17, 15) is 9.59 Å². The lowest BCUT2D eigenvalue weighted by atomic mass is 9.80. The second-order valence-corrected chi connectivity index (χ2v) is 11.0. The molecule has 1 aromatic rings. The summed E-state index contributed by atoms with van der Waals surface area (Å²) in [7, 11) is 8.40. The molecule has 0 atom stereocenters. The average Bonchev–Trinajstić information content (AvgIpc) is 2.84. The normalized spacial score (nSPS) is 19.3. The van der Waals surface area contributed by atoms with Gasteiger partial charge in [-0.3, -0.25) is 0 Å². The Kier molecular flexibility index (Phi) is 9.41. The quantitative estimate of drug-likeness (QED) is 0.426. The van der Waals surface area contributed by atoms with Gasteiger partial charge in [-0.15, -0.1) is 0 Å². The maximum Gasteiger partial charge on any atom is 0.319 e. The van der Waals surface area contributed by atoms with Crippen LogP contribution in [0.2, 0.25) is 0 Å². The first-order valence-corrected chi connectivity index (χ1v) is 13.2. The molecule has 0 aliphatic heterocycles. The van der Waals surface area contributed by atoms with Crippen LogP contribution < -0.4 is 21.3 Å². The first-order valence-electron chi connectivity index (χ1n) is 13.2. The number of nitrogens with zero attached hydrogens (tertiary/aromatic N) is 2. The lowest BCUT2D eigenvalue weighted by Crippen LogP contribution is -2.54. The zero-order valence-corrected chi connectivity index (χ0v) is 22.4. The Morgan fingerprint density at radius 3 is 1.66 bits per heavy atom. The smallest absolute Gasteiger partial charge is 0.319 e. The van der Waals surface area contributed by atoms with Crippen LogP contribution in [0.15, 0.2) is 18.2 Å². The molecule has 8 heteroatoms. The van der Waals surface area contributed by atoms with E-state index in [1.54, 1.807) is 0 Å². The molecule has 2 saturated carbocycles. The zero-order chi connectivity index (χ0) is 25.5. The minimum Gasteiger partial charge on any atom is -0.336 e. The minimum absolute atomic E-state index is 0.0222. The molecule has 8 nitrogen and oxygen atoms in total. The number of carbonyl (C=O) groups excluding carboxylic acids is 2. The van der Waals surface area contributed by atoms with Crippen molar-refractivity contribution in [3.8, 4) is 0 Å². The number of nitrogens with one attached hydrogen (secondary N) is 4. The monoisotopic (exact) mass is 486 g/mol. The predicted molar refractivity (Wildman–Crippen MR) is 144 cm³/mol. The lowest BCUT2D eigenvalue weighted by Gasteiger charge is -2.43. The molecular formula is C27H46N6O2. The molecule has 4 amide bonds. The molecule has 0 saturated heterocycles. The molecule has 0 bridgehead atoms. The number of hydrogen-bond donors (Lipinski definition) is 4. The van der Waals surface area contributed by atoms with Gasteiger partial charge in [0.05, 0.1) is 0 Å². The van der Waals surface area contributed by atoms with Gasteiger partial charge in [-0.1, -0.05) is 44.6 Å². The van der Waals surface area contributed by atoms with Gasteiger partial charge < -0.3 is 31.1 Å². The van der Waals surface area contributed by atoms with E-state index in [1.807, 2.05) is 25.1 Å². The fourth-order valence-corrected chi connectivity index (χ4v) is 5.65. The number of rotatable bonds is 8. The molecule has 4 N–H and O–H groups in total. The van der Waals surface area contributed by atoms with E-state index < -0.39 is 0 Å². The van der Waals surface area contributed by atoms with Crippen molar-refractivity contribution in [3.05, 3.63) is 23.8 Å². The highest BCUT2D eigenvalue weighted by atomic mass is 16.2.